The molecule has 1 aromatic rings. The molecule has 4 aliphatic rings. The number of hydrogen-bond acceptors (Lipinski definition) is 4. The first-order chi connectivity index (χ1) is 13.8. The lowest BCUT2D eigenvalue weighted by Crippen LogP contribution is -2.50. The van der Waals surface area contributed by atoms with Gasteiger partial charge in [0.15, 0.2) is 0 Å². The van der Waals surface area contributed by atoms with Crippen LogP contribution in [-0.4, -0.2) is 40.5 Å². The largest absolute Gasteiger partial charge is 0.388 e. The smallest absolute Gasteiger partial charge is 0.105 e. The van der Waals surface area contributed by atoms with Gasteiger partial charge < -0.3 is 20.8 Å². The third-order valence-corrected chi connectivity index (χ3v) is 8.62. The first-order valence-corrected chi connectivity index (χ1v) is 11.8. The summed E-state index contributed by atoms with van der Waals surface area (Å²) in [4.78, 5) is 0. The highest BCUT2D eigenvalue weighted by atomic mass is 16.3. The van der Waals surface area contributed by atoms with Gasteiger partial charge in [-0.1, -0.05) is 44.2 Å². The maximum Gasteiger partial charge on any atom is 0.105 e. The molecule has 2 heterocycles. The molecule has 0 radical (unpaired) electrons. The summed E-state index contributed by atoms with van der Waals surface area (Å²) in [5.74, 6) is 1.22. The Kier molecular flexibility index (Phi) is 4.86. The highest BCUT2D eigenvalue weighted by molar-refractivity contribution is 5.28. The summed E-state index contributed by atoms with van der Waals surface area (Å²) in [5, 5.41) is 30.4. The van der Waals surface area contributed by atoms with Gasteiger partial charge in [0.1, 0.15) is 5.60 Å². The van der Waals surface area contributed by atoms with Crippen molar-refractivity contribution in [2.75, 3.05) is 6.54 Å². The molecule has 0 spiro atoms. The Balaban J connectivity index is 1.25. The molecule has 2 aliphatic heterocycles. The van der Waals surface area contributed by atoms with Crippen molar-refractivity contribution in [2.45, 2.75) is 94.5 Å². The number of fused-ring (bicyclic) bond motifs is 2. The quantitative estimate of drug-likeness (QED) is 0.614. The third-order valence-electron chi connectivity index (χ3n) is 8.62. The topological polar surface area (TPSA) is 64.5 Å². The van der Waals surface area contributed by atoms with Gasteiger partial charge in [-0.2, -0.15) is 0 Å². The van der Waals surface area contributed by atoms with Crippen LogP contribution >= 0.6 is 0 Å². The van der Waals surface area contributed by atoms with E-state index in [0.29, 0.717) is 23.9 Å². The minimum Gasteiger partial charge on any atom is -0.388 e. The number of aliphatic hydroxyl groups is 2. The van der Waals surface area contributed by atoms with E-state index in [9.17, 15) is 10.2 Å². The molecular weight excluding hydrogens is 360 g/mol. The minimum absolute atomic E-state index is 0.0784. The second-order valence-corrected chi connectivity index (χ2v) is 11.3. The molecule has 4 nitrogen and oxygen atoms in total. The van der Waals surface area contributed by atoms with Crippen LogP contribution in [-0.2, 0) is 5.60 Å². The minimum atomic E-state index is -0.741. The van der Waals surface area contributed by atoms with E-state index in [0.717, 1.165) is 50.6 Å². The molecule has 2 saturated carbocycles. The van der Waals surface area contributed by atoms with E-state index in [4.69, 9.17) is 0 Å². The van der Waals surface area contributed by atoms with Crippen molar-refractivity contribution in [3.8, 4) is 0 Å². The van der Waals surface area contributed by atoms with E-state index in [2.05, 4.69) is 36.6 Å². The monoisotopic (exact) mass is 398 g/mol. The van der Waals surface area contributed by atoms with Crippen molar-refractivity contribution >= 4 is 0 Å². The van der Waals surface area contributed by atoms with E-state index in [-0.39, 0.29) is 11.5 Å². The molecule has 29 heavy (non-hydrogen) atoms. The van der Waals surface area contributed by atoms with E-state index >= 15 is 0 Å². The molecule has 0 bridgehead atoms. The van der Waals surface area contributed by atoms with Gasteiger partial charge >= 0.3 is 0 Å². The van der Waals surface area contributed by atoms with E-state index in [1.165, 1.54) is 12.8 Å². The third kappa shape index (κ3) is 3.46. The molecule has 2 saturated heterocycles. The standard InChI is InChI=1S/C25H38N2O2/c1-23(2,16-24(28)11-8-17-10-13-26-21(17)24)15-20-14-18-9-12-25(29,22(18)27-20)19-6-4-3-5-7-19/h3-7,17-18,20-22,26-29H,8-16H2,1-2H3/t17-,18-,20?,21+,22+,24+,25+/m1/s1. The van der Waals surface area contributed by atoms with E-state index in [1.54, 1.807) is 0 Å². The molecule has 0 amide bonds. The Hall–Kier alpha value is -0.940. The summed E-state index contributed by atoms with van der Waals surface area (Å²) in [7, 11) is 0. The summed E-state index contributed by atoms with van der Waals surface area (Å²) in [6.07, 6.45) is 8.35. The average molecular weight is 399 g/mol. The number of hydrogen-bond donors (Lipinski definition) is 4. The zero-order valence-corrected chi connectivity index (χ0v) is 18.0. The molecule has 4 fully saturated rings. The summed E-state index contributed by atoms with van der Waals surface area (Å²) in [5.41, 5.74) is -0.160. The van der Waals surface area contributed by atoms with Crippen molar-refractivity contribution in [1.29, 1.82) is 0 Å². The van der Waals surface area contributed by atoms with Gasteiger partial charge in [0.2, 0.25) is 0 Å². The molecule has 4 N–H and O–H groups in total. The van der Waals surface area contributed by atoms with Crippen molar-refractivity contribution in [1.82, 2.24) is 10.6 Å². The van der Waals surface area contributed by atoms with Crippen LogP contribution in [0, 0.1) is 17.3 Å². The summed E-state index contributed by atoms with van der Waals surface area (Å²) in [6, 6.07) is 11.1. The second kappa shape index (κ2) is 7.05. The molecule has 1 unspecified atom stereocenters. The Labute approximate surface area is 175 Å². The first-order valence-electron chi connectivity index (χ1n) is 11.8. The SMILES string of the molecule is CC(C)(CC1C[C@H]2CC[C@](O)(c3ccccc3)[C@H]2N1)C[C@@]1(O)CC[C@@H]2CCN[C@@H]21. The van der Waals surface area contributed by atoms with Gasteiger partial charge in [-0.05, 0) is 80.7 Å². The van der Waals surface area contributed by atoms with Crippen LogP contribution in [0.2, 0.25) is 0 Å². The van der Waals surface area contributed by atoms with Crippen molar-refractivity contribution in [3.05, 3.63) is 35.9 Å². The Bertz CT molecular complexity index is 738. The lowest BCUT2D eigenvalue weighted by molar-refractivity contribution is -0.0230. The van der Waals surface area contributed by atoms with Gasteiger partial charge in [0.05, 0.1) is 5.60 Å². The summed E-state index contributed by atoms with van der Waals surface area (Å²) >= 11 is 0. The maximum absolute atomic E-state index is 11.5. The normalized spacial score (nSPS) is 44.2. The van der Waals surface area contributed by atoms with Gasteiger partial charge in [-0.25, -0.2) is 0 Å². The maximum atomic E-state index is 11.5. The highest BCUT2D eigenvalue weighted by Crippen LogP contribution is 2.50. The van der Waals surface area contributed by atoms with Crippen LogP contribution in [0.15, 0.2) is 30.3 Å². The van der Waals surface area contributed by atoms with Crippen molar-refractivity contribution in [2.24, 2.45) is 17.3 Å². The lowest BCUT2D eigenvalue weighted by Gasteiger charge is -2.39. The summed E-state index contributed by atoms with van der Waals surface area (Å²) in [6.45, 7) is 5.71. The van der Waals surface area contributed by atoms with Crippen molar-refractivity contribution in [3.63, 3.8) is 0 Å². The highest BCUT2D eigenvalue weighted by Gasteiger charge is 2.54. The predicted molar refractivity (Wildman–Crippen MR) is 115 cm³/mol. The Morgan fingerprint density at radius 3 is 2.55 bits per heavy atom. The lowest BCUT2D eigenvalue weighted by atomic mass is 9.73. The number of benzene rings is 1. The molecule has 1 aromatic carbocycles. The fourth-order valence-electron chi connectivity index (χ4n) is 7.58. The van der Waals surface area contributed by atoms with Crippen LogP contribution in [0.5, 0.6) is 0 Å². The molecule has 2 aliphatic carbocycles. The van der Waals surface area contributed by atoms with Gasteiger partial charge in [0, 0.05) is 18.1 Å². The van der Waals surface area contributed by atoms with Gasteiger partial charge in [-0.3, -0.25) is 0 Å². The predicted octanol–water partition coefficient (Wildman–Crippen LogP) is 3.32. The fraction of sp³-hybridized carbons (Fsp3) is 0.760. The van der Waals surface area contributed by atoms with Crippen LogP contribution in [0.3, 0.4) is 0 Å². The fourth-order valence-corrected chi connectivity index (χ4v) is 7.58. The molecule has 0 aromatic heterocycles. The van der Waals surface area contributed by atoms with Crippen LogP contribution in [0.1, 0.15) is 70.8 Å². The van der Waals surface area contributed by atoms with E-state index < -0.39 is 11.2 Å². The van der Waals surface area contributed by atoms with Gasteiger partial charge in [0.25, 0.3) is 0 Å². The van der Waals surface area contributed by atoms with E-state index in [1.807, 2.05) is 18.2 Å². The molecule has 160 valence electrons. The molecule has 5 rings (SSSR count). The Morgan fingerprint density at radius 1 is 1.00 bits per heavy atom. The molecule has 7 atom stereocenters. The first kappa shape index (κ1) is 20.0. The summed E-state index contributed by atoms with van der Waals surface area (Å²) < 4.78 is 0. The molecular formula is C25H38N2O2. The van der Waals surface area contributed by atoms with Crippen LogP contribution < -0.4 is 10.6 Å². The van der Waals surface area contributed by atoms with Gasteiger partial charge in [-0.15, -0.1) is 0 Å². The average Bonchev–Trinajstić information content (AvgIpc) is 3.41. The Morgan fingerprint density at radius 2 is 1.76 bits per heavy atom. The van der Waals surface area contributed by atoms with Crippen LogP contribution in [0.25, 0.3) is 0 Å². The second-order valence-electron chi connectivity index (χ2n) is 11.3. The molecule has 4 heteroatoms. The zero-order chi connectivity index (χ0) is 20.3. The van der Waals surface area contributed by atoms with Crippen molar-refractivity contribution < 1.29 is 10.2 Å². The number of nitrogens with one attached hydrogen (secondary N) is 2. The number of rotatable bonds is 5. The zero-order valence-electron chi connectivity index (χ0n) is 18.0. The van der Waals surface area contributed by atoms with Crippen LogP contribution in [0.4, 0.5) is 0 Å².